The van der Waals surface area contributed by atoms with Crippen molar-refractivity contribution in [2.24, 2.45) is 0 Å². The Hall–Kier alpha value is -3.49. The van der Waals surface area contributed by atoms with Gasteiger partial charge < -0.3 is 10.1 Å². The number of imidazole rings is 1. The van der Waals surface area contributed by atoms with Crippen molar-refractivity contribution in [2.45, 2.75) is 13.5 Å². The number of benzene rings is 3. The fraction of sp³-hybridized carbons (Fsp3) is 0.231. The van der Waals surface area contributed by atoms with E-state index in [-0.39, 0.29) is 17.1 Å². The zero-order chi connectivity index (χ0) is 23.9. The van der Waals surface area contributed by atoms with E-state index in [1.165, 1.54) is 0 Å². The first-order chi connectivity index (χ1) is 16.3. The van der Waals surface area contributed by atoms with E-state index < -0.39 is 15.8 Å². The van der Waals surface area contributed by atoms with Gasteiger partial charge in [0.05, 0.1) is 22.6 Å². The molecule has 34 heavy (non-hydrogen) atoms. The Labute approximate surface area is 198 Å². The number of fused-ring (bicyclic) bond motifs is 1. The van der Waals surface area contributed by atoms with E-state index in [1.54, 1.807) is 13.0 Å². The van der Waals surface area contributed by atoms with Crippen molar-refractivity contribution < 1.29 is 18.3 Å². The van der Waals surface area contributed by atoms with Crippen LogP contribution in [0.4, 0.5) is 0 Å². The van der Waals surface area contributed by atoms with Gasteiger partial charge in [-0.05, 0) is 52.9 Å². The van der Waals surface area contributed by atoms with E-state index in [4.69, 9.17) is 0 Å². The summed E-state index contributed by atoms with van der Waals surface area (Å²) in [6.07, 6.45) is 0. The number of nitrogens with one attached hydrogen (secondary N) is 1. The van der Waals surface area contributed by atoms with Gasteiger partial charge in [-0.25, -0.2) is 18.2 Å². The third-order valence-electron chi connectivity index (χ3n) is 6.26. The Morgan fingerprint density at radius 2 is 1.65 bits per heavy atom. The molecule has 2 N–H and O–H groups in total. The topological polar surface area (TPSA) is 103 Å². The zero-order valence-corrected chi connectivity index (χ0v) is 19.6. The molecule has 1 aliphatic heterocycles. The normalized spacial score (nSPS) is 16.0. The van der Waals surface area contributed by atoms with Crippen LogP contribution in [0.3, 0.4) is 0 Å². The highest BCUT2D eigenvalue weighted by molar-refractivity contribution is 7.91. The zero-order valence-electron chi connectivity index (χ0n) is 18.8. The third-order valence-corrected chi connectivity index (χ3v) is 7.87. The maximum absolute atomic E-state index is 11.8. The highest BCUT2D eigenvalue weighted by atomic mass is 32.2. The summed E-state index contributed by atoms with van der Waals surface area (Å²) < 4.78 is 23.3. The summed E-state index contributed by atoms with van der Waals surface area (Å²) in [5.41, 5.74) is 6.37. The molecule has 1 saturated heterocycles. The van der Waals surface area contributed by atoms with E-state index in [0.717, 1.165) is 34.4 Å². The highest BCUT2D eigenvalue weighted by Crippen LogP contribution is 2.29. The van der Waals surface area contributed by atoms with Gasteiger partial charge in [-0.2, -0.15) is 0 Å². The molecule has 174 valence electrons. The molecule has 1 fully saturated rings. The minimum atomic E-state index is -2.88. The predicted octanol–water partition coefficient (Wildman–Crippen LogP) is 4.13. The molecule has 4 aromatic rings. The second kappa shape index (κ2) is 8.70. The highest BCUT2D eigenvalue weighted by Gasteiger charge is 2.21. The lowest BCUT2D eigenvalue weighted by Gasteiger charge is -2.26. The number of carboxylic acid groups (broad SMARTS) is 1. The van der Waals surface area contributed by atoms with Crippen LogP contribution in [-0.4, -0.2) is 59.0 Å². The standard InChI is InChI=1S/C26H25N3O4S/c1-17-27-24-15-22(14-23(26(30)31)25(24)28-17)20-7-5-19(6-8-20)21-4-2-3-18(13-21)16-29-9-11-34(32,33)12-10-29/h2-8,13-15H,9-12,16H2,1H3,(H,27,28)(H,30,31). The van der Waals surface area contributed by atoms with E-state index >= 15 is 0 Å². The predicted molar refractivity (Wildman–Crippen MR) is 133 cm³/mol. The lowest BCUT2D eigenvalue weighted by atomic mass is 9.97. The SMILES string of the molecule is Cc1nc2c(C(=O)O)cc(-c3ccc(-c4cccc(CN5CCS(=O)(=O)CC5)c4)cc3)cc2[nH]1. The van der Waals surface area contributed by atoms with Crippen molar-refractivity contribution in [3.05, 3.63) is 77.6 Å². The van der Waals surface area contributed by atoms with Gasteiger partial charge >= 0.3 is 5.97 Å². The third kappa shape index (κ3) is 4.60. The summed E-state index contributed by atoms with van der Waals surface area (Å²) in [6.45, 7) is 3.67. The molecule has 7 nitrogen and oxygen atoms in total. The first-order valence-corrected chi connectivity index (χ1v) is 13.0. The molecule has 0 saturated carbocycles. The second-order valence-corrected chi connectivity index (χ2v) is 11.1. The Bertz CT molecular complexity index is 1480. The number of aryl methyl sites for hydroxylation is 1. The van der Waals surface area contributed by atoms with Crippen molar-refractivity contribution in [1.82, 2.24) is 14.9 Å². The number of aromatic carboxylic acids is 1. The Kier molecular flexibility index (Phi) is 5.71. The monoisotopic (exact) mass is 475 g/mol. The molecule has 0 radical (unpaired) electrons. The van der Waals surface area contributed by atoms with Crippen LogP contribution in [0, 0.1) is 6.92 Å². The minimum Gasteiger partial charge on any atom is -0.478 e. The largest absolute Gasteiger partial charge is 0.478 e. The molecule has 1 aromatic heterocycles. The van der Waals surface area contributed by atoms with E-state index in [1.807, 2.05) is 36.4 Å². The van der Waals surface area contributed by atoms with Gasteiger partial charge in [0.1, 0.15) is 11.3 Å². The summed E-state index contributed by atoms with van der Waals surface area (Å²) in [4.78, 5) is 21.4. The number of rotatable bonds is 5. The van der Waals surface area contributed by atoms with Crippen molar-refractivity contribution in [1.29, 1.82) is 0 Å². The number of aromatic nitrogens is 2. The van der Waals surface area contributed by atoms with Gasteiger partial charge in [0.25, 0.3) is 0 Å². The van der Waals surface area contributed by atoms with Crippen molar-refractivity contribution in [2.75, 3.05) is 24.6 Å². The van der Waals surface area contributed by atoms with Gasteiger partial charge in [0.15, 0.2) is 9.84 Å². The lowest BCUT2D eigenvalue weighted by molar-refractivity contribution is 0.0699. The number of nitrogens with zero attached hydrogens (tertiary/aromatic N) is 2. The van der Waals surface area contributed by atoms with Crippen LogP contribution in [0.5, 0.6) is 0 Å². The minimum absolute atomic E-state index is 0.180. The fourth-order valence-corrected chi connectivity index (χ4v) is 5.72. The van der Waals surface area contributed by atoms with Gasteiger partial charge in [-0.3, -0.25) is 4.90 Å². The molecule has 0 amide bonds. The molecular formula is C26H25N3O4S. The molecular weight excluding hydrogens is 450 g/mol. The van der Waals surface area contributed by atoms with Gasteiger partial charge in [0.2, 0.25) is 0 Å². The van der Waals surface area contributed by atoms with Crippen LogP contribution in [0.1, 0.15) is 21.7 Å². The molecule has 0 unspecified atom stereocenters. The van der Waals surface area contributed by atoms with E-state index in [0.29, 0.717) is 29.9 Å². The summed E-state index contributed by atoms with van der Waals surface area (Å²) >= 11 is 0. The second-order valence-electron chi connectivity index (χ2n) is 8.75. The number of hydrogen-bond acceptors (Lipinski definition) is 5. The molecule has 1 aliphatic rings. The first-order valence-electron chi connectivity index (χ1n) is 11.1. The Morgan fingerprint density at radius 3 is 2.32 bits per heavy atom. The Morgan fingerprint density at radius 1 is 0.971 bits per heavy atom. The quantitative estimate of drug-likeness (QED) is 0.450. The smallest absolute Gasteiger partial charge is 0.337 e. The Balaban J connectivity index is 1.39. The summed E-state index contributed by atoms with van der Waals surface area (Å²) in [5.74, 6) is 0.123. The molecule has 2 heterocycles. The van der Waals surface area contributed by atoms with Crippen LogP contribution in [0.2, 0.25) is 0 Å². The van der Waals surface area contributed by atoms with Crippen molar-refractivity contribution in [3.63, 3.8) is 0 Å². The molecule has 8 heteroatoms. The maximum atomic E-state index is 11.8. The molecule has 0 aliphatic carbocycles. The fourth-order valence-electron chi connectivity index (χ4n) is 4.44. The maximum Gasteiger partial charge on any atom is 0.337 e. The molecule has 0 atom stereocenters. The van der Waals surface area contributed by atoms with Gasteiger partial charge in [-0.15, -0.1) is 0 Å². The number of carbonyl (C=O) groups is 1. The van der Waals surface area contributed by atoms with Crippen LogP contribution in [0.25, 0.3) is 33.3 Å². The van der Waals surface area contributed by atoms with Gasteiger partial charge in [-0.1, -0.05) is 42.5 Å². The number of sulfone groups is 1. The van der Waals surface area contributed by atoms with E-state index in [2.05, 4.69) is 33.1 Å². The average Bonchev–Trinajstić information content (AvgIpc) is 3.20. The summed E-state index contributed by atoms with van der Waals surface area (Å²) in [5, 5.41) is 9.64. The van der Waals surface area contributed by atoms with Crippen LogP contribution in [-0.2, 0) is 16.4 Å². The summed E-state index contributed by atoms with van der Waals surface area (Å²) in [6, 6.07) is 19.9. The lowest BCUT2D eigenvalue weighted by Crippen LogP contribution is -2.39. The summed E-state index contributed by atoms with van der Waals surface area (Å²) in [7, 11) is -2.88. The average molecular weight is 476 g/mol. The number of H-pyrrole nitrogens is 1. The van der Waals surface area contributed by atoms with Crippen molar-refractivity contribution in [3.8, 4) is 22.3 Å². The molecule has 3 aromatic carbocycles. The van der Waals surface area contributed by atoms with Crippen molar-refractivity contribution >= 4 is 26.8 Å². The van der Waals surface area contributed by atoms with Crippen LogP contribution >= 0.6 is 0 Å². The van der Waals surface area contributed by atoms with Gasteiger partial charge in [0, 0.05) is 19.6 Å². The number of aromatic amines is 1. The molecule has 5 rings (SSSR count). The van der Waals surface area contributed by atoms with Crippen LogP contribution < -0.4 is 0 Å². The molecule has 0 spiro atoms. The van der Waals surface area contributed by atoms with E-state index in [9.17, 15) is 18.3 Å². The number of carboxylic acids is 1. The number of hydrogen-bond donors (Lipinski definition) is 2. The molecule has 0 bridgehead atoms. The van der Waals surface area contributed by atoms with Crippen LogP contribution in [0.15, 0.2) is 60.7 Å². The first kappa shape index (κ1) is 22.3.